The van der Waals surface area contributed by atoms with Crippen LogP contribution < -0.4 is 11.1 Å². The van der Waals surface area contributed by atoms with Gasteiger partial charge in [0.2, 0.25) is 0 Å². The van der Waals surface area contributed by atoms with Crippen molar-refractivity contribution in [3.05, 3.63) is 47.8 Å². The van der Waals surface area contributed by atoms with Gasteiger partial charge in [-0.25, -0.2) is 4.39 Å². The number of rotatable bonds is 2. The van der Waals surface area contributed by atoms with Crippen LogP contribution in [0.3, 0.4) is 0 Å². The van der Waals surface area contributed by atoms with Crippen LogP contribution in [0.5, 0.6) is 11.5 Å². The van der Waals surface area contributed by atoms with Crippen molar-refractivity contribution in [2.75, 3.05) is 11.1 Å². The average molecular weight is 262 g/mol. The Balaban J connectivity index is 2.25. The maximum Gasteiger partial charge on any atom is 0.258 e. The van der Waals surface area contributed by atoms with Crippen LogP contribution in [0.4, 0.5) is 15.8 Å². The van der Waals surface area contributed by atoms with E-state index in [1.54, 1.807) is 0 Å². The summed E-state index contributed by atoms with van der Waals surface area (Å²) >= 11 is 0. The van der Waals surface area contributed by atoms with Crippen LogP contribution in [0, 0.1) is 5.82 Å². The van der Waals surface area contributed by atoms with Gasteiger partial charge in [0.15, 0.2) is 0 Å². The predicted molar refractivity (Wildman–Crippen MR) is 68.5 cm³/mol. The number of phenols is 2. The SMILES string of the molecule is Nc1cc(O)ccc1NC(=O)c1ccc(O)cc1F. The summed E-state index contributed by atoms with van der Waals surface area (Å²) in [5.74, 6) is -1.84. The highest BCUT2D eigenvalue weighted by atomic mass is 19.1. The van der Waals surface area contributed by atoms with Gasteiger partial charge in [-0.3, -0.25) is 4.79 Å². The molecule has 0 aromatic heterocycles. The molecule has 0 bridgehead atoms. The second-order valence-corrected chi connectivity index (χ2v) is 3.89. The molecule has 98 valence electrons. The van der Waals surface area contributed by atoms with Crippen molar-refractivity contribution in [1.82, 2.24) is 0 Å². The summed E-state index contributed by atoms with van der Waals surface area (Å²) in [6.45, 7) is 0. The summed E-state index contributed by atoms with van der Waals surface area (Å²) in [7, 11) is 0. The third-order valence-electron chi connectivity index (χ3n) is 2.48. The Morgan fingerprint density at radius 2 is 1.74 bits per heavy atom. The predicted octanol–water partition coefficient (Wildman–Crippen LogP) is 2.07. The Labute approximate surface area is 108 Å². The third kappa shape index (κ3) is 2.74. The van der Waals surface area contributed by atoms with Gasteiger partial charge in [0, 0.05) is 12.1 Å². The summed E-state index contributed by atoms with van der Waals surface area (Å²) in [6.07, 6.45) is 0. The number of aromatic hydroxyl groups is 2. The lowest BCUT2D eigenvalue weighted by Crippen LogP contribution is -2.14. The van der Waals surface area contributed by atoms with E-state index in [0.29, 0.717) is 0 Å². The highest BCUT2D eigenvalue weighted by Gasteiger charge is 2.13. The van der Waals surface area contributed by atoms with Crippen LogP contribution in [-0.4, -0.2) is 16.1 Å². The van der Waals surface area contributed by atoms with Gasteiger partial charge >= 0.3 is 0 Å². The monoisotopic (exact) mass is 262 g/mol. The minimum atomic E-state index is -0.838. The normalized spacial score (nSPS) is 10.2. The second-order valence-electron chi connectivity index (χ2n) is 3.89. The smallest absolute Gasteiger partial charge is 0.258 e. The Kier molecular flexibility index (Phi) is 3.24. The molecule has 2 rings (SSSR count). The second kappa shape index (κ2) is 4.85. The molecular formula is C13H11FN2O3. The molecule has 0 radical (unpaired) electrons. The Hall–Kier alpha value is -2.76. The molecule has 6 heteroatoms. The van der Waals surface area contributed by atoms with Crippen LogP contribution in [0.1, 0.15) is 10.4 Å². The standard InChI is InChI=1S/C13H11FN2O3/c14-10-5-7(17)1-3-9(10)13(19)16-12-4-2-8(18)6-11(12)15/h1-6,17-18H,15H2,(H,16,19). The van der Waals surface area contributed by atoms with E-state index in [0.717, 1.165) is 12.1 Å². The average Bonchev–Trinajstić information content (AvgIpc) is 2.32. The number of hydrogen-bond acceptors (Lipinski definition) is 4. The fourth-order valence-corrected chi connectivity index (χ4v) is 1.54. The first kappa shape index (κ1) is 12.7. The Morgan fingerprint density at radius 1 is 1.11 bits per heavy atom. The lowest BCUT2D eigenvalue weighted by Gasteiger charge is -2.09. The molecular weight excluding hydrogens is 251 g/mol. The van der Waals surface area contributed by atoms with Gasteiger partial charge in [-0.1, -0.05) is 0 Å². The van der Waals surface area contributed by atoms with E-state index in [9.17, 15) is 14.3 Å². The fourth-order valence-electron chi connectivity index (χ4n) is 1.54. The van der Waals surface area contributed by atoms with Crippen LogP contribution in [0.25, 0.3) is 0 Å². The first-order valence-electron chi connectivity index (χ1n) is 5.36. The molecule has 0 aliphatic rings. The van der Waals surface area contributed by atoms with E-state index in [-0.39, 0.29) is 28.4 Å². The summed E-state index contributed by atoms with van der Waals surface area (Å²) in [4.78, 5) is 11.8. The topological polar surface area (TPSA) is 95.6 Å². The number of amides is 1. The molecule has 0 heterocycles. The van der Waals surface area contributed by atoms with Gasteiger partial charge in [0.05, 0.1) is 16.9 Å². The van der Waals surface area contributed by atoms with Gasteiger partial charge in [0.25, 0.3) is 5.91 Å². The maximum atomic E-state index is 13.5. The van der Waals surface area contributed by atoms with Gasteiger partial charge in [-0.15, -0.1) is 0 Å². The molecule has 0 saturated heterocycles. The molecule has 5 N–H and O–H groups in total. The van der Waals surface area contributed by atoms with Gasteiger partial charge in [-0.2, -0.15) is 0 Å². The third-order valence-corrected chi connectivity index (χ3v) is 2.48. The summed E-state index contributed by atoms with van der Waals surface area (Å²) < 4.78 is 13.5. The van der Waals surface area contributed by atoms with E-state index in [1.165, 1.54) is 24.3 Å². The van der Waals surface area contributed by atoms with Crippen LogP contribution in [0.15, 0.2) is 36.4 Å². The van der Waals surface area contributed by atoms with Crippen LogP contribution >= 0.6 is 0 Å². The maximum absolute atomic E-state index is 13.5. The van der Waals surface area contributed by atoms with Gasteiger partial charge < -0.3 is 21.3 Å². The molecule has 5 nitrogen and oxygen atoms in total. The number of hydrogen-bond donors (Lipinski definition) is 4. The number of anilines is 2. The molecule has 19 heavy (non-hydrogen) atoms. The number of benzene rings is 2. The first-order chi connectivity index (χ1) is 8.97. The summed E-state index contributed by atoms with van der Waals surface area (Å²) in [5.41, 5.74) is 5.80. The van der Waals surface area contributed by atoms with Crippen LogP contribution in [-0.2, 0) is 0 Å². The number of nitrogens with one attached hydrogen (secondary N) is 1. The van der Waals surface area contributed by atoms with Crippen molar-refractivity contribution in [2.24, 2.45) is 0 Å². The van der Waals surface area contributed by atoms with Gasteiger partial charge in [-0.05, 0) is 24.3 Å². The number of nitrogens with two attached hydrogens (primary N) is 1. The number of nitrogen functional groups attached to an aromatic ring is 1. The first-order valence-corrected chi connectivity index (χ1v) is 5.36. The zero-order valence-corrected chi connectivity index (χ0v) is 9.72. The van der Waals surface area contributed by atoms with Crippen molar-refractivity contribution < 1.29 is 19.4 Å². The summed E-state index contributed by atoms with van der Waals surface area (Å²) in [6, 6.07) is 7.23. The van der Waals surface area contributed by atoms with Gasteiger partial charge in [0.1, 0.15) is 17.3 Å². The van der Waals surface area contributed by atoms with Crippen molar-refractivity contribution in [2.45, 2.75) is 0 Å². The van der Waals surface area contributed by atoms with Crippen molar-refractivity contribution in [3.63, 3.8) is 0 Å². The largest absolute Gasteiger partial charge is 0.508 e. The lowest BCUT2D eigenvalue weighted by atomic mass is 10.1. The van der Waals surface area contributed by atoms with E-state index in [2.05, 4.69) is 5.32 Å². The Morgan fingerprint density at radius 3 is 2.37 bits per heavy atom. The molecule has 0 unspecified atom stereocenters. The molecule has 0 atom stereocenters. The summed E-state index contributed by atoms with van der Waals surface area (Å²) in [5, 5.41) is 20.7. The van der Waals surface area contributed by atoms with Crippen molar-refractivity contribution >= 4 is 17.3 Å². The quantitative estimate of drug-likeness (QED) is 0.492. The molecule has 1 amide bonds. The number of halogens is 1. The number of phenolic OH excluding ortho intramolecular Hbond substituents is 2. The molecule has 2 aromatic carbocycles. The lowest BCUT2D eigenvalue weighted by molar-refractivity contribution is 0.102. The van der Waals surface area contributed by atoms with E-state index in [1.807, 2.05) is 0 Å². The molecule has 0 spiro atoms. The molecule has 0 aliphatic carbocycles. The van der Waals surface area contributed by atoms with Crippen molar-refractivity contribution in [3.8, 4) is 11.5 Å². The van der Waals surface area contributed by atoms with E-state index >= 15 is 0 Å². The molecule has 0 fully saturated rings. The highest BCUT2D eigenvalue weighted by Crippen LogP contribution is 2.24. The zero-order valence-electron chi connectivity index (χ0n) is 9.72. The molecule has 0 saturated carbocycles. The molecule has 0 aliphatic heterocycles. The van der Waals surface area contributed by atoms with Crippen molar-refractivity contribution in [1.29, 1.82) is 0 Å². The number of carbonyl (C=O) groups is 1. The number of carbonyl (C=O) groups excluding carboxylic acids is 1. The Bertz CT molecular complexity index is 644. The molecule has 2 aromatic rings. The van der Waals surface area contributed by atoms with E-state index < -0.39 is 11.7 Å². The minimum Gasteiger partial charge on any atom is -0.508 e. The minimum absolute atomic E-state index is 0.0358. The van der Waals surface area contributed by atoms with Crippen LogP contribution in [0.2, 0.25) is 0 Å². The zero-order chi connectivity index (χ0) is 14.0. The fraction of sp³-hybridized carbons (Fsp3) is 0. The highest BCUT2D eigenvalue weighted by molar-refractivity contribution is 6.06. The van der Waals surface area contributed by atoms with E-state index in [4.69, 9.17) is 10.8 Å².